The van der Waals surface area contributed by atoms with Crippen molar-refractivity contribution in [3.8, 4) is 0 Å². The Morgan fingerprint density at radius 1 is 1.44 bits per heavy atom. The van der Waals surface area contributed by atoms with E-state index in [4.69, 9.17) is 0 Å². The molecule has 43 valence electrons. The number of imidazole rings is 1. The number of fused-ring (bicyclic) bond motifs is 1. The highest BCUT2D eigenvalue weighted by Gasteiger charge is 1.88. The van der Waals surface area contributed by atoms with Crippen LogP contribution in [0.5, 0.6) is 0 Å². The quantitative estimate of drug-likeness (QED) is 0.487. The van der Waals surface area contributed by atoms with E-state index in [9.17, 15) is 0 Å². The molecular formula is C5H3N4. The van der Waals surface area contributed by atoms with Gasteiger partial charge in [0.25, 0.3) is 0 Å². The molecule has 0 amide bonds. The second-order valence-corrected chi connectivity index (χ2v) is 1.61. The fraction of sp³-hybridized carbons (Fsp3) is 0. The van der Waals surface area contributed by atoms with Gasteiger partial charge >= 0.3 is 0 Å². The average Bonchev–Trinajstić information content (AvgIpc) is 2.33. The van der Waals surface area contributed by atoms with Crippen LogP contribution in [0.2, 0.25) is 0 Å². The molecule has 0 saturated carbocycles. The van der Waals surface area contributed by atoms with Crippen molar-refractivity contribution in [2.75, 3.05) is 0 Å². The molecule has 0 fully saturated rings. The molecule has 0 saturated heterocycles. The highest BCUT2D eigenvalue weighted by molar-refractivity contribution is 5.31. The molecule has 0 bridgehead atoms. The molecule has 2 aromatic rings. The largest absolute Gasteiger partial charge is 0.287 e. The third kappa shape index (κ3) is 0.561. The summed E-state index contributed by atoms with van der Waals surface area (Å²) >= 11 is 0. The SMILES string of the molecule is [c]1cn2cnncc2n1. The van der Waals surface area contributed by atoms with Gasteiger partial charge in [0.05, 0.1) is 6.20 Å². The Bertz CT molecular complexity index is 283. The lowest BCUT2D eigenvalue weighted by Crippen LogP contribution is -1.86. The molecule has 0 unspecified atom stereocenters. The van der Waals surface area contributed by atoms with Crippen LogP contribution in [0.15, 0.2) is 18.7 Å². The maximum atomic E-state index is 3.85. The Hall–Kier alpha value is -1.45. The van der Waals surface area contributed by atoms with Crippen LogP contribution in [0.4, 0.5) is 0 Å². The summed E-state index contributed by atoms with van der Waals surface area (Å²) in [5, 5.41) is 7.27. The first-order chi connectivity index (χ1) is 4.47. The second kappa shape index (κ2) is 1.51. The molecule has 0 aliphatic heterocycles. The van der Waals surface area contributed by atoms with Crippen molar-refractivity contribution in [3.05, 3.63) is 24.9 Å². The Morgan fingerprint density at radius 3 is 3.33 bits per heavy atom. The summed E-state index contributed by atoms with van der Waals surface area (Å²) in [5.41, 5.74) is 0.769. The molecule has 0 aliphatic rings. The Balaban J connectivity index is 2.95. The van der Waals surface area contributed by atoms with Crippen LogP contribution >= 0.6 is 0 Å². The number of nitrogens with zero attached hydrogens (tertiary/aromatic N) is 4. The summed E-state index contributed by atoms with van der Waals surface area (Å²) < 4.78 is 1.74. The van der Waals surface area contributed by atoms with Gasteiger partial charge in [0, 0.05) is 6.20 Å². The number of hydrogen-bond acceptors (Lipinski definition) is 3. The highest BCUT2D eigenvalue weighted by atomic mass is 15.2. The lowest BCUT2D eigenvalue weighted by atomic mass is 10.8. The van der Waals surface area contributed by atoms with Gasteiger partial charge in [0.2, 0.25) is 0 Å². The minimum absolute atomic E-state index is 0.769. The van der Waals surface area contributed by atoms with Gasteiger partial charge in [-0.3, -0.25) is 4.40 Å². The Morgan fingerprint density at radius 2 is 2.44 bits per heavy atom. The molecule has 0 atom stereocenters. The van der Waals surface area contributed by atoms with Gasteiger partial charge in [0.1, 0.15) is 12.5 Å². The maximum absolute atomic E-state index is 3.85. The van der Waals surface area contributed by atoms with Crippen molar-refractivity contribution in [1.82, 2.24) is 19.6 Å². The number of hydrogen-bond donors (Lipinski definition) is 0. The van der Waals surface area contributed by atoms with Crippen molar-refractivity contribution in [1.29, 1.82) is 0 Å². The van der Waals surface area contributed by atoms with Crippen molar-refractivity contribution >= 4 is 5.65 Å². The summed E-state index contributed by atoms with van der Waals surface area (Å²) in [4.78, 5) is 3.85. The number of rotatable bonds is 0. The van der Waals surface area contributed by atoms with E-state index < -0.39 is 0 Å². The highest BCUT2D eigenvalue weighted by Crippen LogP contribution is 1.91. The summed E-state index contributed by atoms with van der Waals surface area (Å²) in [6.07, 6.45) is 7.53. The van der Waals surface area contributed by atoms with Crippen LogP contribution in [-0.4, -0.2) is 19.6 Å². The fourth-order valence-corrected chi connectivity index (χ4v) is 0.640. The first kappa shape index (κ1) is 4.43. The van der Waals surface area contributed by atoms with E-state index in [0.29, 0.717) is 0 Å². The van der Waals surface area contributed by atoms with Gasteiger partial charge in [-0.15, -0.1) is 5.10 Å². The molecule has 0 N–H and O–H groups in total. The lowest BCUT2D eigenvalue weighted by Gasteiger charge is -1.84. The van der Waals surface area contributed by atoms with Crippen LogP contribution in [0.25, 0.3) is 5.65 Å². The first-order valence-electron chi connectivity index (χ1n) is 2.48. The van der Waals surface area contributed by atoms with Gasteiger partial charge in [-0.1, -0.05) is 0 Å². The zero-order valence-electron chi connectivity index (χ0n) is 4.52. The Kier molecular flexibility index (Phi) is 0.745. The molecule has 2 aromatic heterocycles. The van der Waals surface area contributed by atoms with E-state index in [2.05, 4.69) is 21.4 Å². The van der Waals surface area contributed by atoms with Crippen molar-refractivity contribution in [3.63, 3.8) is 0 Å². The molecule has 1 radical (unpaired) electrons. The van der Waals surface area contributed by atoms with E-state index in [1.165, 1.54) is 0 Å². The fourth-order valence-electron chi connectivity index (χ4n) is 0.640. The van der Waals surface area contributed by atoms with Crippen LogP contribution in [0.1, 0.15) is 0 Å². The molecule has 4 heteroatoms. The van der Waals surface area contributed by atoms with Crippen LogP contribution in [0.3, 0.4) is 0 Å². The van der Waals surface area contributed by atoms with E-state index in [0.717, 1.165) is 5.65 Å². The second-order valence-electron chi connectivity index (χ2n) is 1.61. The van der Waals surface area contributed by atoms with Gasteiger partial charge in [-0.2, -0.15) is 5.10 Å². The van der Waals surface area contributed by atoms with Crippen LogP contribution < -0.4 is 0 Å². The molecule has 0 aromatic carbocycles. The van der Waals surface area contributed by atoms with Gasteiger partial charge in [-0.05, 0) is 0 Å². The normalized spacial score (nSPS) is 10.2. The van der Waals surface area contributed by atoms with Gasteiger partial charge in [-0.25, -0.2) is 4.98 Å². The summed E-state index contributed by atoms with van der Waals surface area (Å²) in [7, 11) is 0. The average molecular weight is 119 g/mol. The molecule has 4 nitrogen and oxygen atoms in total. The summed E-state index contributed by atoms with van der Waals surface area (Å²) in [6.45, 7) is 0. The van der Waals surface area contributed by atoms with E-state index in [-0.39, 0.29) is 0 Å². The Labute approximate surface area is 51.2 Å². The lowest BCUT2D eigenvalue weighted by molar-refractivity contribution is 0.944. The number of aromatic nitrogens is 4. The molecule has 0 aliphatic carbocycles. The van der Waals surface area contributed by atoms with E-state index in [1.807, 2.05) is 0 Å². The molecular weight excluding hydrogens is 116 g/mol. The predicted octanol–water partition coefficient (Wildman–Crippen LogP) is -0.0755. The smallest absolute Gasteiger partial charge is 0.159 e. The molecule has 0 spiro atoms. The topological polar surface area (TPSA) is 43.1 Å². The standard InChI is InChI=1S/C5H3N4/c1-2-9-4-8-7-3-5(9)6-1/h2-4H. The minimum atomic E-state index is 0.769. The zero-order chi connectivity index (χ0) is 6.10. The van der Waals surface area contributed by atoms with Crippen molar-refractivity contribution in [2.45, 2.75) is 0 Å². The summed E-state index contributed by atoms with van der Waals surface area (Å²) in [5.74, 6) is 0. The van der Waals surface area contributed by atoms with Crippen LogP contribution in [-0.2, 0) is 0 Å². The van der Waals surface area contributed by atoms with Gasteiger partial charge in [0.15, 0.2) is 5.65 Å². The van der Waals surface area contributed by atoms with Gasteiger partial charge < -0.3 is 0 Å². The maximum Gasteiger partial charge on any atom is 0.159 e. The van der Waals surface area contributed by atoms with Crippen molar-refractivity contribution in [2.24, 2.45) is 0 Å². The molecule has 9 heavy (non-hydrogen) atoms. The van der Waals surface area contributed by atoms with E-state index >= 15 is 0 Å². The predicted molar refractivity (Wildman–Crippen MR) is 29.6 cm³/mol. The molecule has 2 heterocycles. The van der Waals surface area contributed by atoms with Crippen molar-refractivity contribution < 1.29 is 0 Å². The van der Waals surface area contributed by atoms with Crippen LogP contribution in [0, 0.1) is 6.20 Å². The zero-order valence-corrected chi connectivity index (χ0v) is 4.52. The third-order valence-corrected chi connectivity index (χ3v) is 1.06. The monoisotopic (exact) mass is 119 g/mol. The minimum Gasteiger partial charge on any atom is -0.287 e. The first-order valence-corrected chi connectivity index (χ1v) is 2.48. The third-order valence-electron chi connectivity index (χ3n) is 1.06. The summed E-state index contributed by atoms with van der Waals surface area (Å²) in [6, 6.07) is 0. The molecule has 2 rings (SSSR count). The van der Waals surface area contributed by atoms with E-state index in [1.54, 1.807) is 23.1 Å².